The Hall–Kier alpha value is -2.87. The number of amides is 1. The van der Waals surface area contributed by atoms with E-state index in [1.807, 2.05) is 0 Å². The van der Waals surface area contributed by atoms with Crippen LogP contribution in [0.3, 0.4) is 0 Å². The van der Waals surface area contributed by atoms with Crippen molar-refractivity contribution < 1.29 is 14.3 Å². The van der Waals surface area contributed by atoms with Gasteiger partial charge in [0.25, 0.3) is 11.5 Å². The van der Waals surface area contributed by atoms with E-state index in [1.165, 1.54) is 15.7 Å². The highest BCUT2D eigenvalue weighted by atomic mass is 32.1. The smallest absolute Gasteiger partial charge is 0.282 e. The largest absolute Gasteiger partial charge is 0.454 e. The zero-order valence-corrected chi connectivity index (χ0v) is 12.8. The first-order chi connectivity index (χ1) is 11.1. The first kappa shape index (κ1) is 13.8. The van der Waals surface area contributed by atoms with E-state index in [0.717, 1.165) is 0 Å². The van der Waals surface area contributed by atoms with Crippen LogP contribution in [0.2, 0.25) is 0 Å². The SMILES string of the molecule is Cc1nc2sccn2c(=O)c1NC(=O)c1ccc2c(c1)OCO2. The number of aryl methyl sites for hydroxylation is 1. The number of nitrogens with one attached hydrogen (secondary N) is 1. The van der Waals surface area contributed by atoms with Crippen LogP contribution in [0.15, 0.2) is 34.6 Å². The van der Waals surface area contributed by atoms with Crippen LogP contribution in [0.5, 0.6) is 11.5 Å². The zero-order valence-electron chi connectivity index (χ0n) is 12.0. The lowest BCUT2D eigenvalue weighted by atomic mass is 10.2. The molecule has 4 rings (SSSR count). The van der Waals surface area contributed by atoms with E-state index >= 15 is 0 Å². The van der Waals surface area contributed by atoms with Gasteiger partial charge in [0.15, 0.2) is 16.5 Å². The molecule has 1 aromatic carbocycles. The molecule has 1 amide bonds. The third-order valence-corrected chi connectivity index (χ3v) is 4.28. The van der Waals surface area contributed by atoms with Crippen LogP contribution in [0, 0.1) is 6.92 Å². The van der Waals surface area contributed by atoms with Gasteiger partial charge in [0.05, 0.1) is 5.69 Å². The molecule has 8 heteroatoms. The van der Waals surface area contributed by atoms with Gasteiger partial charge in [0, 0.05) is 17.1 Å². The number of ether oxygens (including phenoxy) is 2. The maximum atomic E-state index is 12.4. The second-order valence-corrected chi connectivity index (χ2v) is 5.83. The van der Waals surface area contributed by atoms with E-state index in [2.05, 4.69) is 10.3 Å². The standard InChI is InChI=1S/C15H11N3O4S/c1-8-12(14(20)18-4-5-23-15(18)16-8)17-13(19)9-2-3-10-11(6-9)22-7-21-10/h2-6H,7H2,1H3,(H,17,19). The average Bonchev–Trinajstić information content (AvgIpc) is 3.18. The molecule has 23 heavy (non-hydrogen) atoms. The highest BCUT2D eigenvalue weighted by Crippen LogP contribution is 2.32. The average molecular weight is 329 g/mol. The van der Waals surface area contributed by atoms with Gasteiger partial charge in [0.1, 0.15) is 5.69 Å². The van der Waals surface area contributed by atoms with E-state index in [9.17, 15) is 9.59 Å². The van der Waals surface area contributed by atoms with Crippen LogP contribution in [-0.2, 0) is 0 Å². The van der Waals surface area contributed by atoms with Crippen molar-refractivity contribution >= 4 is 27.9 Å². The number of hydrogen-bond acceptors (Lipinski definition) is 6. The summed E-state index contributed by atoms with van der Waals surface area (Å²) in [5.74, 6) is 0.706. The van der Waals surface area contributed by atoms with Crippen LogP contribution in [0.1, 0.15) is 16.1 Å². The molecule has 1 aliphatic rings. The van der Waals surface area contributed by atoms with E-state index in [0.29, 0.717) is 27.7 Å². The van der Waals surface area contributed by atoms with Gasteiger partial charge >= 0.3 is 0 Å². The molecule has 0 fully saturated rings. The summed E-state index contributed by atoms with van der Waals surface area (Å²) in [6, 6.07) is 4.87. The number of rotatable bonds is 2. The molecule has 0 unspecified atom stereocenters. The highest BCUT2D eigenvalue weighted by molar-refractivity contribution is 7.15. The summed E-state index contributed by atoms with van der Waals surface area (Å²) in [5.41, 5.74) is 0.724. The van der Waals surface area contributed by atoms with Crippen molar-refractivity contribution in [2.45, 2.75) is 6.92 Å². The van der Waals surface area contributed by atoms with Gasteiger partial charge < -0.3 is 14.8 Å². The summed E-state index contributed by atoms with van der Waals surface area (Å²) in [4.78, 5) is 29.8. The van der Waals surface area contributed by atoms with Crippen molar-refractivity contribution in [3.05, 3.63) is 51.4 Å². The monoisotopic (exact) mass is 329 g/mol. The first-order valence-electron chi connectivity index (χ1n) is 6.81. The molecule has 2 aromatic heterocycles. The molecule has 1 N–H and O–H groups in total. The van der Waals surface area contributed by atoms with Crippen LogP contribution >= 0.6 is 11.3 Å². The van der Waals surface area contributed by atoms with E-state index in [-0.39, 0.29) is 18.0 Å². The predicted octanol–water partition coefficient (Wildman–Crippen LogP) is 2.05. The molecular weight excluding hydrogens is 318 g/mol. The number of carbonyl (C=O) groups is 1. The Morgan fingerprint density at radius 3 is 3.04 bits per heavy atom. The zero-order chi connectivity index (χ0) is 16.0. The minimum Gasteiger partial charge on any atom is -0.454 e. The van der Waals surface area contributed by atoms with Crippen molar-refractivity contribution in [2.24, 2.45) is 0 Å². The number of aromatic nitrogens is 2. The third kappa shape index (κ3) is 2.23. The summed E-state index contributed by atoms with van der Waals surface area (Å²) >= 11 is 1.36. The second kappa shape index (κ2) is 5.10. The molecule has 1 aliphatic heterocycles. The van der Waals surface area contributed by atoms with Crippen molar-refractivity contribution in [1.29, 1.82) is 0 Å². The molecule has 3 aromatic rings. The van der Waals surface area contributed by atoms with Crippen molar-refractivity contribution in [3.63, 3.8) is 0 Å². The van der Waals surface area contributed by atoms with Crippen molar-refractivity contribution in [3.8, 4) is 11.5 Å². The van der Waals surface area contributed by atoms with Gasteiger partial charge in [-0.05, 0) is 25.1 Å². The second-order valence-electron chi connectivity index (χ2n) is 4.96. The molecule has 0 saturated carbocycles. The van der Waals surface area contributed by atoms with Crippen LogP contribution in [0.4, 0.5) is 5.69 Å². The summed E-state index contributed by atoms with van der Waals surface area (Å²) in [5, 5.41) is 4.41. The number of nitrogens with zero attached hydrogens (tertiary/aromatic N) is 2. The highest BCUT2D eigenvalue weighted by Gasteiger charge is 2.18. The van der Waals surface area contributed by atoms with Crippen molar-refractivity contribution in [2.75, 3.05) is 12.1 Å². The van der Waals surface area contributed by atoms with Gasteiger partial charge in [-0.3, -0.25) is 14.0 Å². The summed E-state index contributed by atoms with van der Waals surface area (Å²) < 4.78 is 11.9. The molecule has 0 spiro atoms. The first-order valence-corrected chi connectivity index (χ1v) is 7.69. The fourth-order valence-electron chi connectivity index (χ4n) is 2.35. The number of thiazole rings is 1. The van der Waals surface area contributed by atoms with Gasteiger partial charge in [0.2, 0.25) is 6.79 Å². The van der Waals surface area contributed by atoms with E-state index < -0.39 is 5.91 Å². The summed E-state index contributed by atoms with van der Waals surface area (Å²) in [6.07, 6.45) is 1.63. The Morgan fingerprint density at radius 2 is 2.17 bits per heavy atom. The molecule has 0 radical (unpaired) electrons. The predicted molar refractivity (Wildman–Crippen MR) is 84.6 cm³/mol. The summed E-state index contributed by atoms with van der Waals surface area (Å²) in [6.45, 7) is 1.83. The molecule has 3 heterocycles. The van der Waals surface area contributed by atoms with Crippen molar-refractivity contribution in [1.82, 2.24) is 9.38 Å². The Kier molecular flexibility index (Phi) is 3.05. The van der Waals surface area contributed by atoms with Gasteiger partial charge in [-0.1, -0.05) is 0 Å². The van der Waals surface area contributed by atoms with Gasteiger partial charge in [-0.25, -0.2) is 4.98 Å². The minimum absolute atomic E-state index is 0.138. The number of carbonyl (C=O) groups excluding carboxylic acids is 1. The van der Waals surface area contributed by atoms with Gasteiger partial charge in [-0.2, -0.15) is 0 Å². The Bertz CT molecular complexity index is 992. The normalized spacial score (nSPS) is 12.6. The molecule has 0 saturated heterocycles. The van der Waals surface area contributed by atoms with Crippen LogP contribution in [0.25, 0.3) is 4.96 Å². The maximum Gasteiger partial charge on any atom is 0.282 e. The number of fused-ring (bicyclic) bond motifs is 2. The number of benzene rings is 1. The van der Waals surface area contributed by atoms with Crippen LogP contribution in [-0.4, -0.2) is 22.1 Å². The molecule has 116 valence electrons. The minimum atomic E-state index is -0.402. The van der Waals surface area contributed by atoms with Gasteiger partial charge in [-0.15, -0.1) is 11.3 Å². The fraction of sp³-hybridized carbons (Fsp3) is 0.133. The Labute approximate surface area is 134 Å². The molecular formula is C15H11N3O4S. The number of hydrogen-bond donors (Lipinski definition) is 1. The molecule has 0 aliphatic carbocycles. The Morgan fingerprint density at radius 1 is 1.35 bits per heavy atom. The Balaban J connectivity index is 1.70. The number of anilines is 1. The topological polar surface area (TPSA) is 81.9 Å². The van der Waals surface area contributed by atoms with Crippen LogP contribution < -0.4 is 20.3 Å². The molecule has 0 bridgehead atoms. The third-order valence-electron chi connectivity index (χ3n) is 3.52. The molecule has 7 nitrogen and oxygen atoms in total. The lowest BCUT2D eigenvalue weighted by Crippen LogP contribution is -2.24. The lowest BCUT2D eigenvalue weighted by molar-refractivity contribution is 0.102. The summed E-state index contributed by atoms with van der Waals surface area (Å²) in [7, 11) is 0. The van der Waals surface area contributed by atoms with E-state index in [1.54, 1.807) is 36.7 Å². The quantitative estimate of drug-likeness (QED) is 0.778. The lowest BCUT2D eigenvalue weighted by Gasteiger charge is -2.08. The fourth-order valence-corrected chi connectivity index (χ4v) is 3.10. The maximum absolute atomic E-state index is 12.4. The molecule has 0 atom stereocenters. The van der Waals surface area contributed by atoms with E-state index in [4.69, 9.17) is 9.47 Å².